The molecule has 0 spiro atoms. The van der Waals surface area contributed by atoms with Crippen molar-refractivity contribution in [2.45, 2.75) is 26.7 Å². The van der Waals surface area contributed by atoms with Gasteiger partial charge >= 0.3 is 0 Å². The van der Waals surface area contributed by atoms with Gasteiger partial charge in [0.1, 0.15) is 17.9 Å². The molecule has 0 bridgehead atoms. The first-order valence-electron chi connectivity index (χ1n) is 9.15. The van der Waals surface area contributed by atoms with Crippen molar-refractivity contribution in [2.24, 2.45) is 11.8 Å². The predicted molar refractivity (Wildman–Crippen MR) is 101 cm³/mol. The molecule has 1 saturated heterocycles. The van der Waals surface area contributed by atoms with Gasteiger partial charge in [0.05, 0.1) is 18.7 Å². The number of rotatable bonds is 6. The van der Waals surface area contributed by atoms with Gasteiger partial charge < -0.3 is 14.5 Å². The lowest BCUT2D eigenvalue weighted by molar-refractivity contribution is 0.220. The van der Waals surface area contributed by atoms with E-state index < -0.39 is 0 Å². The van der Waals surface area contributed by atoms with Gasteiger partial charge in [0.2, 0.25) is 0 Å². The Bertz CT molecular complexity index is 697. The van der Waals surface area contributed by atoms with Crippen LogP contribution < -0.4 is 9.64 Å². The lowest BCUT2D eigenvalue weighted by atomic mass is 9.96. The number of methoxy groups -OCH3 is 1. The number of ether oxygens (including phenoxy) is 1. The van der Waals surface area contributed by atoms with Crippen LogP contribution in [0.15, 0.2) is 18.6 Å². The van der Waals surface area contributed by atoms with E-state index in [1.807, 2.05) is 6.07 Å². The van der Waals surface area contributed by atoms with Crippen molar-refractivity contribution < 1.29 is 4.74 Å². The van der Waals surface area contributed by atoms with Crippen LogP contribution in [-0.2, 0) is 0 Å². The van der Waals surface area contributed by atoms with Gasteiger partial charge in [0, 0.05) is 13.1 Å². The molecule has 0 aromatic carbocycles. The van der Waals surface area contributed by atoms with Crippen molar-refractivity contribution in [2.75, 3.05) is 45.2 Å². The number of pyridine rings is 1. The first kappa shape index (κ1) is 17.9. The van der Waals surface area contributed by atoms with E-state index in [-0.39, 0.29) is 0 Å². The number of anilines is 1. The average molecular weight is 343 g/mol. The lowest BCUT2D eigenvalue weighted by Gasteiger charge is -2.34. The van der Waals surface area contributed by atoms with Crippen LogP contribution in [-0.4, -0.2) is 60.2 Å². The van der Waals surface area contributed by atoms with Gasteiger partial charge in [-0.3, -0.25) is 0 Å². The fraction of sp³-hybridized carbons (Fsp3) is 0.632. The molecular weight excluding hydrogens is 314 g/mol. The fourth-order valence-corrected chi connectivity index (χ4v) is 3.52. The molecule has 2 aromatic rings. The zero-order valence-electron chi connectivity index (χ0n) is 15.8. The van der Waals surface area contributed by atoms with Crippen molar-refractivity contribution in [1.29, 1.82) is 0 Å². The van der Waals surface area contributed by atoms with Gasteiger partial charge in [-0.2, -0.15) is 0 Å². The van der Waals surface area contributed by atoms with E-state index in [2.05, 4.69) is 45.6 Å². The molecule has 0 amide bonds. The summed E-state index contributed by atoms with van der Waals surface area (Å²) >= 11 is 0. The predicted octanol–water partition coefficient (Wildman–Crippen LogP) is 2.84. The van der Waals surface area contributed by atoms with Crippen LogP contribution in [0.3, 0.4) is 0 Å². The maximum absolute atomic E-state index is 5.36. The van der Waals surface area contributed by atoms with Crippen LogP contribution in [0.5, 0.6) is 5.75 Å². The number of hydrogen-bond acceptors (Lipinski definition) is 6. The molecule has 2 aromatic heterocycles. The van der Waals surface area contributed by atoms with Gasteiger partial charge in [-0.15, -0.1) is 0 Å². The van der Waals surface area contributed by atoms with Crippen LogP contribution in [0.4, 0.5) is 5.82 Å². The highest BCUT2D eigenvalue weighted by molar-refractivity contribution is 5.87. The van der Waals surface area contributed by atoms with Crippen LogP contribution in [0, 0.1) is 11.8 Å². The second kappa shape index (κ2) is 7.95. The van der Waals surface area contributed by atoms with E-state index in [0.29, 0.717) is 11.8 Å². The van der Waals surface area contributed by atoms with E-state index >= 15 is 0 Å². The maximum atomic E-state index is 5.36. The molecule has 0 saturated carbocycles. The summed E-state index contributed by atoms with van der Waals surface area (Å²) in [5.41, 5.74) is 0.725. The van der Waals surface area contributed by atoms with Gasteiger partial charge in [-0.05, 0) is 50.9 Å². The molecule has 136 valence electrons. The van der Waals surface area contributed by atoms with E-state index in [4.69, 9.17) is 4.74 Å². The number of nitrogens with zero attached hydrogens (tertiary/aromatic N) is 5. The Morgan fingerprint density at radius 2 is 2.00 bits per heavy atom. The minimum absolute atomic E-state index is 0.565. The summed E-state index contributed by atoms with van der Waals surface area (Å²) in [6.07, 6.45) is 5.83. The van der Waals surface area contributed by atoms with Gasteiger partial charge in [-0.25, -0.2) is 15.0 Å². The molecule has 6 heteroatoms. The van der Waals surface area contributed by atoms with Crippen LogP contribution in [0.1, 0.15) is 26.7 Å². The Balaban J connectivity index is 1.91. The normalized spacial score (nSPS) is 16.5. The van der Waals surface area contributed by atoms with Gasteiger partial charge in [0.25, 0.3) is 0 Å². The third-order valence-electron chi connectivity index (χ3n) is 4.88. The minimum atomic E-state index is 0.565. The van der Waals surface area contributed by atoms with E-state index in [1.54, 1.807) is 19.6 Å². The second-order valence-corrected chi connectivity index (χ2v) is 7.49. The van der Waals surface area contributed by atoms with E-state index in [0.717, 1.165) is 35.7 Å². The van der Waals surface area contributed by atoms with Crippen molar-refractivity contribution in [1.82, 2.24) is 19.9 Å². The second-order valence-electron chi connectivity index (χ2n) is 7.49. The first-order chi connectivity index (χ1) is 12.1. The highest BCUT2D eigenvalue weighted by Gasteiger charge is 2.22. The first-order valence-corrected chi connectivity index (χ1v) is 9.15. The SMILES string of the molecule is COc1cnc2ncnc(N(CC(C)C)CC3CCN(C)CC3)c2c1. The van der Waals surface area contributed by atoms with Crippen molar-refractivity contribution in [3.63, 3.8) is 0 Å². The molecule has 3 heterocycles. The van der Waals surface area contributed by atoms with Crippen LogP contribution >= 0.6 is 0 Å². The third kappa shape index (κ3) is 4.37. The number of likely N-dealkylation sites (tertiary alicyclic amines) is 1. The molecular formula is C19H29N5O. The molecule has 1 aliphatic rings. The van der Waals surface area contributed by atoms with E-state index in [1.165, 1.54) is 25.9 Å². The molecule has 1 aliphatic heterocycles. The molecule has 25 heavy (non-hydrogen) atoms. The van der Waals surface area contributed by atoms with Crippen molar-refractivity contribution in [3.8, 4) is 5.75 Å². The quantitative estimate of drug-likeness (QED) is 0.804. The number of aromatic nitrogens is 3. The molecule has 0 atom stereocenters. The summed E-state index contributed by atoms with van der Waals surface area (Å²) < 4.78 is 5.36. The summed E-state index contributed by atoms with van der Waals surface area (Å²) in [6.45, 7) is 8.89. The highest BCUT2D eigenvalue weighted by Crippen LogP contribution is 2.28. The minimum Gasteiger partial charge on any atom is -0.495 e. The summed E-state index contributed by atoms with van der Waals surface area (Å²) in [5, 5.41) is 0.968. The van der Waals surface area contributed by atoms with Crippen molar-refractivity contribution in [3.05, 3.63) is 18.6 Å². The summed E-state index contributed by atoms with van der Waals surface area (Å²) in [6, 6.07) is 2.00. The Morgan fingerprint density at radius 3 is 2.68 bits per heavy atom. The molecule has 6 nitrogen and oxygen atoms in total. The average Bonchev–Trinajstić information content (AvgIpc) is 2.61. The topological polar surface area (TPSA) is 54.4 Å². The highest BCUT2D eigenvalue weighted by atomic mass is 16.5. The summed E-state index contributed by atoms with van der Waals surface area (Å²) in [5.74, 6) is 2.99. The molecule has 3 rings (SSSR count). The van der Waals surface area contributed by atoms with Crippen LogP contribution in [0.2, 0.25) is 0 Å². The fourth-order valence-electron chi connectivity index (χ4n) is 3.52. The molecule has 1 fully saturated rings. The summed E-state index contributed by atoms with van der Waals surface area (Å²) in [7, 11) is 3.87. The number of fused-ring (bicyclic) bond motifs is 1. The molecule has 0 unspecified atom stereocenters. The molecule has 0 radical (unpaired) electrons. The Morgan fingerprint density at radius 1 is 1.24 bits per heavy atom. The van der Waals surface area contributed by atoms with E-state index in [9.17, 15) is 0 Å². The Kier molecular flexibility index (Phi) is 5.68. The molecule has 0 aliphatic carbocycles. The molecule has 0 N–H and O–H groups in total. The standard InChI is InChI=1S/C19H29N5O/c1-14(2)11-24(12-15-5-7-23(3)8-6-15)19-17-9-16(25-4)10-20-18(17)21-13-22-19/h9-10,13-15H,5-8,11-12H2,1-4H3. The van der Waals surface area contributed by atoms with Crippen molar-refractivity contribution >= 4 is 16.9 Å². The Hall–Kier alpha value is -1.95. The van der Waals surface area contributed by atoms with Gasteiger partial charge in [-0.1, -0.05) is 13.8 Å². The monoisotopic (exact) mass is 343 g/mol. The summed E-state index contributed by atoms with van der Waals surface area (Å²) in [4.78, 5) is 18.2. The maximum Gasteiger partial charge on any atom is 0.164 e. The van der Waals surface area contributed by atoms with Gasteiger partial charge in [0.15, 0.2) is 5.65 Å². The zero-order chi connectivity index (χ0) is 17.8. The van der Waals surface area contributed by atoms with Crippen LogP contribution in [0.25, 0.3) is 11.0 Å². The zero-order valence-corrected chi connectivity index (χ0v) is 15.8. The lowest BCUT2D eigenvalue weighted by Crippen LogP contribution is -2.39. The smallest absolute Gasteiger partial charge is 0.164 e. The third-order valence-corrected chi connectivity index (χ3v) is 4.88. The Labute approximate surface area is 150 Å². The number of piperidine rings is 1. The number of hydrogen-bond donors (Lipinski definition) is 0. The largest absolute Gasteiger partial charge is 0.495 e.